The molecule has 0 radical (unpaired) electrons. The molecule has 0 bridgehead atoms. The quantitative estimate of drug-likeness (QED) is 0.541. The monoisotopic (exact) mass is 329 g/mol. The van der Waals surface area contributed by atoms with Crippen LogP contribution in [0.15, 0.2) is 48.1 Å². The zero-order chi connectivity index (χ0) is 17.5. The van der Waals surface area contributed by atoms with Crippen LogP contribution < -0.4 is 16.4 Å². The molecule has 0 saturated carbocycles. The molecule has 5 N–H and O–H groups in total. The third kappa shape index (κ3) is 4.59. The van der Waals surface area contributed by atoms with E-state index in [-0.39, 0.29) is 12.2 Å². The Balaban J connectivity index is 2.04. The predicted octanol–water partition coefficient (Wildman–Crippen LogP) is 1.37. The zero-order valence-corrected chi connectivity index (χ0v) is 14.3. The maximum atomic E-state index is 10.0. The van der Waals surface area contributed by atoms with E-state index in [2.05, 4.69) is 27.1 Å². The van der Waals surface area contributed by atoms with Crippen LogP contribution in [0.1, 0.15) is 19.4 Å². The zero-order valence-electron chi connectivity index (χ0n) is 14.3. The number of nitrogens with two attached hydrogens (primary N) is 1. The van der Waals surface area contributed by atoms with Crippen LogP contribution in [0.25, 0.3) is 5.70 Å². The van der Waals surface area contributed by atoms with E-state index >= 15 is 0 Å². The summed E-state index contributed by atoms with van der Waals surface area (Å²) in [6.45, 7) is 9.40. The standard InChI is InChI=1S/C18H27N5O/c1-13(15(3)24)23(11-10-21-18-8-9-20-12-22-18)14(2)16-6-4-5-7-17(16)19/h4-9,12-13,15,18,21,24H,2,10-11,19H2,1,3H3,(H,20,22). The van der Waals surface area contributed by atoms with Gasteiger partial charge in [0.05, 0.1) is 24.7 Å². The Labute approximate surface area is 143 Å². The average Bonchev–Trinajstić information content (AvgIpc) is 2.59. The Hall–Kier alpha value is -2.31. The number of aliphatic hydroxyl groups is 1. The van der Waals surface area contributed by atoms with Crippen molar-refractivity contribution in [2.45, 2.75) is 32.2 Å². The lowest BCUT2D eigenvalue weighted by Gasteiger charge is -2.35. The molecule has 3 atom stereocenters. The van der Waals surface area contributed by atoms with Crippen molar-refractivity contribution in [1.29, 1.82) is 0 Å². The first kappa shape index (κ1) is 18.0. The van der Waals surface area contributed by atoms with Crippen LogP contribution in [-0.2, 0) is 0 Å². The van der Waals surface area contributed by atoms with Crippen LogP contribution in [0.5, 0.6) is 0 Å². The summed E-state index contributed by atoms with van der Waals surface area (Å²) in [5, 5.41) is 16.5. The molecule has 1 heterocycles. The Morgan fingerprint density at radius 2 is 2.21 bits per heavy atom. The molecule has 1 aliphatic rings. The highest BCUT2D eigenvalue weighted by Gasteiger charge is 2.21. The average molecular weight is 329 g/mol. The summed E-state index contributed by atoms with van der Waals surface area (Å²) in [6.07, 6.45) is 4.95. The van der Waals surface area contributed by atoms with Gasteiger partial charge in [0.2, 0.25) is 0 Å². The second-order valence-electron chi connectivity index (χ2n) is 5.93. The van der Waals surface area contributed by atoms with Gasteiger partial charge in [0.25, 0.3) is 0 Å². The topological polar surface area (TPSA) is 85.9 Å². The lowest BCUT2D eigenvalue weighted by molar-refractivity contribution is 0.104. The summed E-state index contributed by atoms with van der Waals surface area (Å²) in [6, 6.07) is 7.58. The second kappa shape index (κ2) is 8.52. The summed E-state index contributed by atoms with van der Waals surface area (Å²) in [7, 11) is 0. The SMILES string of the molecule is C=C(c1ccccc1N)N(CCNC1C=CN=CN1)C(C)C(C)O. The van der Waals surface area contributed by atoms with E-state index in [1.807, 2.05) is 37.3 Å². The number of nitrogen functional groups attached to an aromatic ring is 1. The van der Waals surface area contributed by atoms with E-state index in [0.717, 1.165) is 17.8 Å². The maximum absolute atomic E-state index is 10.0. The van der Waals surface area contributed by atoms with E-state index in [0.29, 0.717) is 12.2 Å². The molecule has 3 unspecified atom stereocenters. The molecular formula is C18H27N5O. The predicted molar refractivity (Wildman–Crippen MR) is 100 cm³/mol. The van der Waals surface area contributed by atoms with Gasteiger partial charge >= 0.3 is 0 Å². The number of benzene rings is 1. The lowest BCUT2D eigenvalue weighted by Crippen LogP contribution is -2.47. The van der Waals surface area contributed by atoms with E-state index in [1.54, 1.807) is 19.5 Å². The first-order valence-corrected chi connectivity index (χ1v) is 8.17. The minimum atomic E-state index is -0.480. The molecule has 6 nitrogen and oxygen atoms in total. The van der Waals surface area contributed by atoms with Crippen molar-refractivity contribution in [3.63, 3.8) is 0 Å². The van der Waals surface area contributed by atoms with E-state index in [9.17, 15) is 5.11 Å². The number of nitrogens with zero attached hydrogens (tertiary/aromatic N) is 2. The van der Waals surface area contributed by atoms with Gasteiger partial charge in [0.15, 0.2) is 0 Å². The van der Waals surface area contributed by atoms with Crippen LogP contribution in [0.4, 0.5) is 5.69 Å². The highest BCUT2D eigenvalue weighted by Crippen LogP contribution is 2.25. The van der Waals surface area contributed by atoms with Gasteiger partial charge < -0.3 is 21.1 Å². The van der Waals surface area contributed by atoms with Crippen LogP contribution >= 0.6 is 0 Å². The number of hydrogen-bond acceptors (Lipinski definition) is 6. The van der Waals surface area contributed by atoms with Gasteiger partial charge in [0.1, 0.15) is 0 Å². The minimum Gasteiger partial charge on any atom is -0.398 e. The fraction of sp³-hybridized carbons (Fsp3) is 0.389. The molecule has 0 aromatic heterocycles. The van der Waals surface area contributed by atoms with E-state index in [1.165, 1.54) is 0 Å². The van der Waals surface area contributed by atoms with E-state index in [4.69, 9.17) is 5.73 Å². The van der Waals surface area contributed by atoms with Gasteiger partial charge in [-0.05, 0) is 26.0 Å². The third-order valence-corrected chi connectivity index (χ3v) is 4.22. The number of nitrogens with one attached hydrogen (secondary N) is 2. The fourth-order valence-corrected chi connectivity index (χ4v) is 2.58. The van der Waals surface area contributed by atoms with Crippen molar-refractivity contribution in [1.82, 2.24) is 15.5 Å². The van der Waals surface area contributed by atoms with Gasteiger partial charge in [0, 0.05) is 36.2 Å². The minimum absolute atomic E-state index is 0.0567. The Kier molecular flexibility index (Phi) is 6.40. The maximum Gasteiger partial charge on any atom is 0.0986 e. The summed E-state index contributed by atoms with van der Waals surface area (Å²) >= 11 is 0. The molecule has 2 rings (SSSR count). The second-order valence-corrected chi connectivity index (χ2v) is 5.93. The first-order valence-electron chi connectivity index (χ1n) is 8.17. The molecule has 1 aromatic carbocycles. The Bertz CT molecular complexity index is 611. The summed E-state index contributed by atoms with van der Waals surface area (Å²) in [5.74, 6) is 0. The molecule has 0 fully saturated rings. The Morgan fingerprint density at radius 1 is 1.46 bits per heavy atom. The van der Waals surface area contributed by atoms with Crippen molar-refractivity contribution in [3.05, 3.63) is 48.7 Å². The Morgan fingerprint density at radius 3 is 2.83 bits per heavy atom. The van der Waals surface area contributed by atoms with E-state index < -0.39 is 6.10 Å². The van der Waals surface area contributed by atoms with Gasteiger partial charge in [-0.15, -0.1) is 0 Å². The highest BCUT2D eigenvalue weighted by molar-refractivity contribution is 5.72. The number of rotatable bonds is 8. The number of anilines is 1. The van der Waals surface area contributed by atoms with Crippen molar-refractivity contribution >= 4 is 17.7 Å². The van der Waals surface area contributed by atoms with Crippen LogP contribution in [0, 0.1) is 0 Å². The van der Waals surface area contributed by atoms with Crippen molar-refractivity contribution in [2.75, 3.05) is 18.8 Å². The van der Waals surface area contributed by atoms with Gasteiger partial charge in [-0.25, -0.2) is 4.99 Å². The fourth-order valence-electron chi connectivity index (χ4n) is 2.58. The molecule has 0 saturated heterocycles. The largest absolute Gasteiger partial charge is 0.398 e. The summed E-state index contributed by atoms with van der Waals surface area (Å²) in [5.41, 5.74) is 8.48. The van der Waals surface area contributed by atoms with Crippen LogP contribution in [0.2, 0.25) is 0 Å². The first-order chi connectivity index (χ1) is 11.5. The number of aliphatic hydroxyl groups excluding tert-OH is 1. The third-order valence-electron chi connectivity index (χ3n) is 4.22. The smallest absolute Gasteiger partial charge is 0.0986 e. The number of para-hydroxylation sites is 1. The normalized spacial score (nSPS) is 18.7. The molecular weight excluding hydrogens is 302 g/mol. The molecule has 0 amide bonds. The van der Waals surface area contributed by atoms with Crippen molar-refractivity contribution in [3.8, 4) is 0 Å². The van der Waals surface area contributed by atoms with Gasteiger partial charge in [-0.1, -0.05) is 24.8 Å². The molecule has 0 spiro atoms. The molecule has 1 aliphatic heterocycles. The summed E-state index contributed by atoms with van der Waals surface area (Å²) < 4.78 is 0. The van der Waals surface area contributed by atoms with Crippen molar-refractivity contribution in [2.24, 2.45) is 4.99 Å². The molecule has 6 heteroatoms. The van der Waals surface area contributed by atoms with Gasteiger partial charge in [-0.3, -0.25) is 5.32 Å². The molecule has 24 heavy (non-hydrogen) atoms. The van der Waals surface area contributed by atoms with Gasteiger partial charge in [-0.2, -0.15) is 0 Å². The van der Waals surface area contributed by atoms with Crippen LogP contribution in [0.3, 0.4) is 0 Å². The molecule has 0 aliphatic carbocycles. The number of aliphatic imine (C=N–C) groups is 1. The van der Waals surface area contributed by atoms with Crippen molar-refractivity contribution < 1.29 is 5.11 Å². The lowest BCUT2D eigenvalue weighted by atomic mass is 10.1. The molecule has 1 aromatic rings. The van der Waals surface area contributed by atoms with Crippen LogP contribution in [-0.4, -0.2) is 47.7 Å². The number of hydrogen-bond donors (Lipinski definition) is 4. The molecule has 130 valence electrons. The highest BCUT2D eigenvalue weighted by atomic mass is 16.3. The summed E-state index contributed by atoms with van der Waals surface area (Å²) in [4.78, 5) is 6.06.